The van der Waals surface area contributed by atoms with Crippen molar-refractivity contribution < 1.29 is 13.5 Å². The molecule has 20 heavy (non-hydrogen) atoms. The summed E-state index contributed by atoms with van der Waals surface area (Å²) in [6.45, 7) is 3.46. The lowest BCUT2D eigenvalue weighted by molar-refractivity contribution is 0.219. The standard InChI is InChI=1S/C12H16Cl3NO3S/c1-3-7(2)11(6-17)16-20(18,19)12-5-9(14)8(13)4-10(12)15/h4-5,7,11,16-17H,3,6H2,1-2H3/t7-,11+/m0/s1. The Bertz CT molecular complexity index is 578. The molecule has 0 saturated heterocycles. The highest BCUT2D eigenvalue weighted by Gasteiger charge is 2.25. The van der Waals surface area contributed by atoms with Crippen molar-refractivity contribution in [3.63, 3.8) is 0 Å². The maximum atomic E-state index is 12.3. The van der Waals surface area contributed by atoms with Gasteiger partial charge in [-0.2, -0.15) is 0 Å². The zero-order chi connectivity index (χ0) is 15.5. The summed E-state index contributed by atoms with van der Waals surface area (Å²) in [7, 11) is -3.88. The molecule has 0 amide bonds. The van der Waals surface area contributed by atoms with E-state index in [1.165, 1.54) is 12.1 Å². The van der Waals surface area contributed by atoms with Crippen molar-refractivity contribution in [2.24, 2.45) is 5.92 Å². The highest BCUT2D eigenvalue weighted by Crippen LogP contribution is 2.31. The van der Waals surface area contributed by atoms with Gasteiger partial charge >= 0.3 is 0 Å². The Morgan fingerprint density at radius 2 is 1.75 bits per heavy atom. The van der Waals surface area contributed by atoms with Gasteiger partial charge in [0.05, 0.1) is 21.7 Å². The Morgan fingerprint density at radius 3 is 2.25 bits per heavy atom. The largest absolute Gasteiger partial charge is 0.395 e. The van der Waals surface area contributed by atoms with Crippen LogP contribution in [-0.2, 0) is 10.0 Å². The average Bonchev–Trinajstić information content (AvgIpc) is 2.39. The fourth-order valence-corrected chi connectivity index (χ4v) is 3.93. The van der Waals surface area contributed by atoms with E-state index in [1.807, 2.05) is 13.8 Å². The maximum Gasteiger partial charge on any atom is 0.242 e. The van der Waals surface area contributed by atoms with E-state index in [4.69, 9.17) is 34.8 Å². The second kappa shape index (κ2) is 7.29. The molecule has 0 fully saturated rings. The number of aliphatic hydroxyl groups excluding tert-OH is 1. The van der Waals surface area contributed by atoms with Gasteiger partial charge in [0, 0.05) is 6.04 Å². The van der Waals surface area contributed by atoms with Crippen LogP contribution in [-0.4, -0.2) is 26.2 Å². The summed E-state index contributed by atoms with van der Waals surface area (Å²) >= 11 is 17.5. The first-order valence-electron chi connectivity index (χ1n) is 6.00. The molecule has 0 spiro atoms. The molecule has 2 atom stereocenters. The van der Waals surface area contributed by atoms with Crippen LogP contribution in [0.25, 0.3) is 0 Å². The fourth-order valence-electron chi connectivity index (χ4n) is 1.59. The average molecular weight is 361 g/mol. The Labute approximate surface area is 134 Å². The van der Waals surface area contributed by atoms with Crippen LogP contribution in [0.1, 0.15) is 20.3 Å². The molecule has 1 rings (SSSR count). The zero-order valence-corrected chi connectivity index (χ0v) is 14.1. The molecule has 0 bridgehead atoms. The normalized spacial score (nSPS) is 15.1. The minimum Gasteiger partial charge on any atom is -0.395 e. The van der Waals surface area contributed by atoms with Crippen LogP contribution in [0.4, 0.5) is 0 Å². The predicted octanol–water partition coefficient (Wildman–Crippen LogP) is 3.33. The molecule has 0 radical (unpaired) electrons. The van der Waals surface area contributed by atoms with Crippen molar-refractivity contribution in [1.82, 2.24) is 4.72 Å². The van der Waals surface area contributed by atoms with Gasteiger partial charge in [-0.3, -0.25) is 0 Å². The van der Waals surface area contributed by atoms with Gasteiger partial charge in [-0.15, -0.1) is 0 Å². The SMILES string of the molecule is CC[C@H](C)[C@@H](CO)NS(=O)(=O)c1cc(Cl)c(Cl)cc1Cl. The van der Waals surface area contributed by atoms with Crippen molar-refractivity contribution in [3.8, 4) is 0 Å². The van der Waals surface area contributed by atoms with Crippen molar-refractivity contribution in [2.75, 3.05) is 6.61 Å². The Morgan fingerprint density at radius 1 is 1.20 bits per heavy atom. The van der Waals surface area contributed by atoms with Gasteiger partial charge in [0.15, 0.2) is 0 Å². The van der Waals surface area contributed by atoms with E-state index in [9.17, 15) is 13.5 Å². The van der Waals surface area contributed by atoms with Gasteiger partial charge in [-0.05, 0) is 18.1 Å². The first-order chi connectivity index (χ1) is 9.22. The summed E-state index contributed by atoms with van der Waals surface area (Å²) in [5.41, 5.74) is 0. The lowest BCUT2D eigenvalue weighted by atomic mass is 10.0. The minimum atomic E-state index is -3.88. The van der Waals surface area contributed by atoms with Crippen LogP contribution >= 0.6 is 34.8 Å². The third-order valence-electron chi connectivity index (χ3n) is 3.10. The second-order valence-corrected chi connectivity index (χ2v) is 7.40. The second-order valence-electron chi connectivity index (χ2n) is 4.49. The number of hydrogen-bond donors (Lipinski definition) is 2. The van der Waals surface area contributed by atoms with Gasteiger partial charge < -0.3 is 5.11 Å². The Kier molecular flexibility index (Phi) is 6.57. The molecule has 0 aliphatic carbocycles. The molecule has 0 unspecified atom stereocenters. The van der Waals surface area contributed by atoms with Crippen LogP contribution in [0.2, 0.25) is 15.1 Å². The highest BCUT2D eigenvalue weighted by molar-refractivity contribution is 7.89. The Balaban J connectivity index is 3.14. The summed E-state index contributed by atoms with van der Waals surface area (Å²) in [6, 6.07) is 1.88. The van der Waals surface area contributed by atoms with Crippen LogP contribution in [0.15, 0.2) is 17.0 Å². The zero-order valence-electron chi connectivity index (χ0n) is 11.0. The molecule has 0 aliphatic heterocycles. The molecule has 1 aromatic rings. The molecule has 114 valence electrons. The van der Waals surface area contributed by atoms with Gasteiger partial charge in [0.2, 0.25) is 10.0 Å². The van der Waals surface area contributed by atoms with Crippen molar-refractivity contribution in [3.05, 3.63) is 27.2 Å². The number of rotatable bonds is 6. The van der Waals surface area contributed by atoms with Gasteiger partial charge in [-0.25, -0.2) is 13.1 Å². The smallest absolute Gasteiger partial charge is 0.242 e. The highest BCUT2D eigenvalue weighted by atomic mass is 35.5. The molecule has 2 N–H and O–H groups in total. The van der Waals surface area contributed by atoms with Gasteiger partial charge in [0.1, 0.15) is 4.90 Å². The molecular weight excluding hydrogens is 345 g/mol. The number of hydrogen-bond acceptors (Lipinski definition) is 3. The summed E-state index contributed by atoms with van der Waals surface area (Å²) in [6.07, 6.45) is 0.725. The van der Waals surface area contributed by atoms with E-state index in [2.05, 4.69) is 4.72 Å². The lowest BCUT2D eigenvalue weighted by Crippen LogP contribution is -2.41. The minimum absolute atomic E-state index is 0.0173. The summed E-state index contributed by atoms with van der Waals surface area (Å²) in [5.74, 6) is -0.0173. The molecular formula is C12H16Cl3NO3S. The number of nitrogens with one attached hydrogen (secondary N) is 1. The Hall–Kier alpha value is -0.0400. The van der Waals surface area contributed by atoms with E-state index in [0.29, 0.717) is 0 Å². The van der Waals surface area contributed by atoms with Gasteiger partial charge in [0.25, 0.3) is 0 Å². The molecule has 4 nitrogen and oxygen atoms in total. The lowest BCUT2D eigenvalue weighted by Gasteiger charge is -2.22. The first-order valence-corrected chi connectivity index (χ1v) is 8.62. The van der Waals surface area contributed by atoms with Crippen LogP contribution in [0.5, 0.6) is 0 Å². The third-order valence-corrected chi connectivity index (χ3v) is 5.78. The number of sulfonamides is 1. The van der Waals surface area contributed by atoms with Crippen molar-refractivity contribution >= 4 is 44.8 Å². The van der Waals surface area contributed by atoms with E-state index < -0.39 is 16.1 Å². The summed E-state index contributed by atoms with van der Waals surface area (Å²) in [4.78, 5) is -0.157. The monoisotopic (exact) mass is 359 g/mol. The summed E-state index contributed by atoms with van der Waals surface area (Å²) < 4.78 is 27.0. The fraction of sp³-hybridized carbons (Fsp3) is 0.500. The van der Waals surface area contributed by atoms with Crippen molar-refractivity contribution in [1.29, 1.82) is 0 Å². The topological polar surface area (TPSA) is 66.4 Å². The maximum absolute atomic E-state index is 12.3. The van der Waals surface area contributed by atoms with E-state index in [0.717, 1.165) is 6.42 Å². The van der Waals surface area contributed by atoms with Crippen LogP contribution in [0.3, 0.4) is 0 Å². The number of benzene rings is 1. The molecule has 8 heteroatoms. The number of aliphatic hydroxyl groups is 1. The van der Waals surface area contributed by atoms with E-state index in [1.54, 1.807) is 0 Å². The van der Waals surface area contributed by atoms with Gasteiger partial charge in [-0.1, -0.05) is 55.1 Å². The van der Waals surface area contributed by atoms with Crippen LogP contribution < -0.4 is 4.72 Å². The van der Waals surface area contributed by atoms with E-state index in [-0.39, 0.29) is 32.5 Å². The molecule has 0 aromatic heterocycles. The third kappa shape index (κ3) is 4.23. The van der Waals surface area contributed by atoms with Crippen molar-refractivity contribution in [2.45, 2.75) is 31.2 Å². The summed E-state index contributed by atoms with van der Waals surface area (Å²) in [5, 5.41) is 9.55. The van der Waals surface area contributed by atoms with Crippen LogP contribution in [0, 0.1) is 5.92 Å². The predicted molar refractivity (Wildman–Crippen MR) is 82.1 cm³/mol. The molecule has 1 aromatic carbocycles. The quantitative estimate of drug-likeness (QED) is 0.765. The molecule has 0 saturated carbocycles. The molecule has 0 heterocycles. The molecule has 0 aliphatic rings. The van der Waals surface area contributed by atoms with E-state index >= 15 is 0 Å². The first kappa shape index (κ1) is 18.0. The number of halogens is 3.